The molecule has 11 heteroatoms. The van der Waals surface area contributed by atoms with E-state index in [0.29, 0.717) is 0 Å². The van der Waals surface area contributed by atoms with E-state index >= 15 is 0 Å². The number of hydrogen-bond acceptors (Lipinski definition) is 9. The number of Topliss-reactive ketones (excluding diaryl/α,β-unsaturated/α-hetero) is 1. The second-order valence-corrected chi connectivity index (χ2v) is 9.33. The highest BCUT2D eigenvalue weighted by Crippen LogP contribution is 2.29. The number of fused-ring (bicyclic) bond motifs is 2. The first-order valence-electron chi connectivity index (χ1n) is 15.2. The van der Waals surface area contributed by atoms with Crippen LogP contribution < -0.4 is 11.1 Å². The minimum Gasteiger partial charge on any atom is -0.492 e. The summed E-state index contributed by atoms with van der Waals surface area (Å²) < 4.78 is 53.7. The molecule has 0 aromatic carbocycles. The van der Waals surface area contributed by atoms with E-state index in [0.717, 1.165) is 6.08 Å². The molecule has 1 heterocycles. The molecule has 1 aliphatic carbocycles. The minimum absolute atomic E-state index is 0.0332. The highest BCUT2D eigenvalue weighted by atomic mass is 16.6. The third-order valence-corrected chi connectivity index (χ3v) is 6.42. The number of aliphatic hydroxyl groups excluding tert-OH is 1. The van der Waals surface area contributed by atoms with Gasteiger partial charge in [-0.25, -0.2) is 4.79 Å². The third kappa shape index (κ3) is 8.23. The van der Waals surface area contributed by atoms with E-state index in [1.54, 1.807) is 0 Å². The predicted octanol–water partition coefficient (Wildman–Crippen LogP) is 2.41. The van der Waals surface area contributed by atoms with Gasteiger partial charge in [-0.2, -0.15) is 0 Å². The normalized spacial score (nSPS) is 34.0. The molecule has 6 atom stereocenters. The Labute approximate surface area is 240 Å². The van der Waals surface area contributed by atoms with Gasteiger partial charge in [-0.05, 0) is 38.1 Å². The number of ketones is 2. The number of nitrogens with two attached hydrogens (primary N) is 1. The first-order valence-corrected chi connectivity index (χ1v) is 12.3. The molecule has 220 valence electrons. The van der Waals surface area contributed by atoms with E-state index in [1.165, 1.54) is 45.6 Å². The van der Waals surface area contributed by atoms with Gasteiger partial charge in [0.1, 0.15) is 6.10 Å². The zero-order chi connectivity index (χ0) is 33.0. The molecule has 2 rings (SSSR count). The Bertz CT molecular complexity index is 1230. The Morgan fingerprint density at radius 3 is 2.50 bits per heavy atom. The Hall–Kier alpha value is -3.54. The number of rotatable bonds is 4. The van der Waals surface area contributed by atoms with Crippen LogP contribution in [-0.4, -0.2) is 74.4 Å². The van der Waals surface area contributed by atoms with E-state index < -0.39 is 73.6 Å². The number of primary amides is 1. The van der Waals surface area contributed by atoms with E-state index in [1.807, 2.05) is 0 Å². The van der Waals surface area contributed by atoms with Gasteiger partial charge >= 0.3 is 6.09 Å². The van der Waals surface area contributed by atoms with E-state index in [9.17, 15) is 24.3 Å². The molecular weight excluding hydrogens is 520 g/mol. The molecule has 0 spiro atoms. The number of amides is 2. The highest BCUT2D eigenvalue weighted by molar-refractivity contribution is 6.23. The van der Waals surface area contributed by atoms with Crippen molar-refractivity contribution in [2.24, 2.45) is 17.6 Å². The number of aliphatic hydroxyl groups is 1. The van der Waals surface area contributed by atoms with Gasteiger partial charge in [-0.1, -0.05) is 38.1 Å². The molecule has 40 heavy (non-hydrogen) atoms. The van der Waals surface area contributed by atoms with Crippen LogP contribution in [-0.2, 0) is 33.3 Å². The maximum Gasteiger partial charge on any atom is 0.405 e. The number of allylic oxidation sites excluding steroid dienone is 4. The Morgan fingerprint density at radius 2 is 1.93 bits per heavy atom. The summed E-state index contributed by atoms with van der Waals surface area (Å²) in [4.78, 5) is 51.1. The average Bonchev–Trinajstić information content (AvgIpc) is 3.00. The fourth-order valence-corrected chi connectivity index (χ4v) is 4.34. The molecule has 1 aliphatic heterocycles. The van der Waals surface area contributed by atoms with Crippen LogP contribution in [0.25, 0.3) is 0 Å². The molecule has 0 aromatic rings. The maximum atomic E-state index is 13.5. The highest BCUT2D eigenvalue weighted by Gasteiger charge is 2.34. The Morgan fingerprint density at radius 1 is 1.15 bits per heavy atom. The largest absolute Gasteiger partial charge is 0.492 e. The first-order chi connectivity index (χ1) is 21.0. The molecule has 0 radical (unpaired) electrons. The smallest absolute Gasteiger partial charge is 0.405 e. The van der Waals surface area contributed by atoms with Crippen molar-refractivity contribution in [1.29, 1.82) is 0 Å². The van der Waals surface area contributed by atoms with Crippen molar-refractivity contribution in [3.63, 3.8) is 0 Å². The first kappa shape index (κ1) is 26.7. The summed E-state index contributed by atoms with van der Waals surface area (Å²) in [6, 6.07) is 0. The topological polar surface area (TPSA) is 163 Å². The van der Waals surface area contributed by atoms with Gasteiger partial charge < -0.3 is 35.1 Å². The summed E-state index contributed by atoms with van der Waals surface area (Å²) in [5, 5.41) is 13.7. The van der Waals surface area contributed by atoms with Crippen LogP contribution >= 0.6 is 0 Å². The van der Waals surface area contributed by atoms with Crippen LogP contribution in [0.15, 0.2) is 58.6 Å². The monoisotopic (exact) mass is 568 g/mol. The van der Waals surface area contributed by atoms with Crippen LogP contribution in [0.4, 0.5) is 4.79 Å². The van der Waals surface area contributed by atoms with Crippen molar-refractivity contribution in [1.82, 2.24) is 5.32 Å². The lowest BCUT2D eigenvalue weighted by molar-refractivity contribution is -0.120. The van der Waals surface area contributed by atoms with Crippen LogP contribution in [0.3, 0.4) is 0 Å². The lowest BCUT2D eigenvalue weighted by Crippen LogP contribution is -2.37. The van der Waals surface area contributed by atoms with Crippen molar-refractivity contribution < 1.29 is 48.7 Å². The van der Waals surface area contributed by atoms with Crippen molar-refractivity contribution in [2.45, 2.75) is 64.9 Å². The predicted molar refractivity (Wildman–Crippen MR) is 147 cm³/mol. The fourth-order valence-electron chi connectivity index (χ4n) is 4.34. The number of ether oxygens (including phenoxy) is 4. The number of nitrogens with one attached hydrogen (secondary N) is 1. The number of carbonyl (C=O) groups is 4. The summed E-state index contributed by atoms with van der Waals surface area (Å²) in [5.41, 5.74) is 5.00. The lowest BCUT2D eigenvalue weighted by Gasteiger charge is -2.29. The zero-order valence-corrected chi connectivity index (χ0v) is 22.9. The van der Waals surface area contributed by atoms with Gasteiger partial charge in [0, 0.05) is 42.8 Å². The second kappa shape index (κ2) is 14.7. The molecule has 2 bridgehead atoms. The molecule has 0 saturated heterocycles. The molecule has 4 N–H and O–H groups in total. The molecular formula is C29H40N2O9. The summed E-state index contributed by atoms with van der Waals surface area (Å²) in [6.07, 6.45) is 0.592. The molecule has 0 fully saturated rings. The standard InChI is InChI=1S/C29H40N2O9/c1-15-11-19-25(34)20(14-21(32)27(19)39-7)31-28(35)16(2)9-8-10-22(37-5)26(40-29(30)36)18(4)13-17(3)24(33)23(12-15)38-6/h8-10,13-15,17,22-24,26,33H,11-12H2,1-7H3,(H2,30,36)(H,31,35)/b10-8+,16-9-,18-13+/t15-,17+,22+,23+,24-,26+/m1/s1/i1T,2T,3T,4T. The SMILES string of the molecule is [3H]C/C1=C/C=C/[C@H](OC)[C@@H](OC(N)=O)/C(C[3H])=C/[C@H](C[3H])[C@@H](O)[C@@H](OC)C[C@H](C[3H])CC2=C(OC)C(=O)C=C(NC1=O)C2=O. The van der Waals surface area contributed by atoms with Gasteiger partial charge in [0.25, 0.3) is 5.91 Å². The van der Waals surface area contributed by atoms with Crippen LogP contribution in [0.1, 0.15) is 45.9 Å². The van der Waals surface area contributed by atoms with Gasteiger partial charge in [0.05, 0.1) is 25.0 Å². The molecule has 11 nitrogen and oxygen atoms in total. The molecule has 2 aliphatic rings. The minimum atomic E-state index is -1.32. The van der Waals surface area contributed by atoms with E-state index in [2.05, 4.69) is 5.32 Å². The Kier molecular flexibility index (Phi) is 9.82. The number of hydrogen-bond donors (Lipinski definition) is 3. The van der Waals surface area contributed by atoms with Crippen molar-refractivity contribution >= 4 is 23.6 Å². The quantitative estimate of drug-likeness (QED) is 0.341. The summed E-state index contributed by atoms with van der Waals surface area (Å²) in [7, 11) is 3.87. The van der Waals surface area contributed by atoms with Crippen LogP contribution in [0, 0.1) is 11.8 Å². The van der Waals surface area contributed by atoms with Gasteiger partial charge in [0.15, 0.2) is 11.9 Å². The molecule has 2 amide bonds. The maximum absolute atomic E-state index is 13.5. The summed E-state index contributed by atoms with van der Waals surface area (Å²) in [5.74, 6) is -3.97. The average molecular weight is 569 g/mol. The Balaban J connectivity index is 2.75. The molecule has 0 unspecified atom stereocenters. The van der Waals surface area contributed by atoms with Gasteiger partial charge in [-0.3, -0.25) is 14.4 Å². The fraction of sp³-hybridized carbons (Fsp3) is 0.517. The van der Waals surface area contributed by atoms with Crippen molar-refractivity contribution in [3.8, 4) is 0 Å². The molecule has 0 aromatic heterocycles. The van der Waals surface area contributed by atoms with Crippen LogP contribution in [0.5, 0.6) is 0 Å². The molecule has 0 saturated carbocycles. The van der Waals surface area contributed by atoms with E-state index in [4.69, 9.17) is 30.2 Å². The van der Waals surface area contributed by atoms with Gasteiger partial charge in [0.2, 0.25) is 11.6 Å². The summed E-state index contributed by atoms with van der Waals surface area (Å²) >= 11 is 0. The zero-order valence-electron chi connectivity index (χ0n) is 26.9. The van der Waals surface area contributed by atoms with Gasteiger partial charge in [-0.15, -0.1) is 0 Å². The van der Waals surface area contributed by atoms with Crippen molar-refractivity contribution in [3.05, 3.63) is 58.6 Å². The van der Waals surface area contributed by atoms with Crippen molar-refractivity contribution in [2.75, 3.05) is 21.3 Å². The number of carbonyl (C=O) groups excluding carboxylic acids is 4. The van der Waals surface area contributed by atoms with Crippen LogP contribution in [0.2, 0.25) is 0 Å². The second-order valence-electron chi connectivity index (χ2n) is 9.33. The third-order valence-electron chi connectivity index (χ3n) is 6.42. The number of methoxy groups -OCH3 is 3. The van der Waals surface area contributed by atoms with E-state index in [-0.39, 0.29) is 54.8 Å². The summed E-state index contributed by atoms with van der Waals surface area (Å²) in [6.45, 7) is -1.51. The lowest BCUT2D eigenvalue weighted by atomic mass is 9.85.